The van der Waals surface area contributed by atoms with E-state index in [4.69, 9.17) is 14.6 Å². The molecule has 0 unspecified atom stereocenters. The number of hydrogen-bond donors (Lipinski definition) is 0. The number of hydrogen-bond acceptors (Lipinski definition) is 4. The Hall–Kier alpha value is -4.00. The first kappa shape index (κ1) is 19.9. The minimum Gasteiger partial charge on any atom is -0.497 e. The number of carbonyl (C=O) groups excluding carboxylic acids is 1. The quantitative estimate of drug-likeness (QED) is 0.467. The van der Waals surface area contributed by atoms with Crippen LogP contribution in [0.15, 0.2) is 73.1 Å². The highest BCUT2D eigenvalue weighted by atomic mass is 16.5. The van der Waals surface area contributed by atoms with Crippen molar-refractivity contribution in [2.75, 3.05) is 13.7 Å². The maximum Gasteiger partial charge on any atom is 0.261 e. The molecule has 0 N–H and O–H groups in total. The zero-order valence-corrected chi connectivity index (χ0v) is 18.1. The highest BCUT2D eigenvalue weighted by molar-refractivity contribution is 5.78. The van der Waals surface area contributed by atoms with Gasteiger partial charge in [0.2, 0.25) is 0 Å². The van der Waals surface area contributed by atoms with Crippen molar-refractivity contribution in [2.45, 2.75) is 20.0 Å². The Balaban J connectivity index is 1.39. The first-order valence-corrected chi connectivity index (χ1v) is 10.5. The molecule has 7 nitrogen and oxygen atoms in total. The standard InChI is InChI=1S/C25H24N4O3/c1-18-8-3-4-11-23(18)29-25(27-12-5-6-13-27)21-15-28(16-22(21)26-29)24(30)17-32-20-10-7-9-19(14-20)31-2/h3-14H,15-17H2,1-2H3. The van der Waals surface area contributed by atoms with Gasteiger partial charge >= 0.3 is 0 Å². The molecule has 1 aliphatic rings. The van der Waals surface area contributed by atoms with E-state index in [0.29, 0.717) is 24.6 Å². The molecule has 1 amide bonds. The van der Waals surface area contributed by atoms with Crippen molar-refractivity contribution in [2.24, 2.45) is 0 Å². The molecule has 0 atom stereocenters. The predicted octanol–water partition coefficient (Wildman–Crippen LogP) is 3.90. The molecule has 162 valence electrons. The van der Waals surface area contributed by atoms with Crippen LogP contribution in [0.25, 0.3) is 11.5 Å². The molecule has 0 bridgehead atoms. The largest absolute Gasteiger partial charge is 0.497 e. The predicted molar refractivity (Wildman–Crippen MR) is 120 cm³/mol. The Morgan fingerprint density at radius 1 is 1.00 bits per heavy atom. The average molecular weight is 428 g/mol. The topological polar surface area (TPSA) is 61.5 Å². The molecule has 4 aromatic rings. The second kappa shape index (κ2) is 8.26. The second-order valence-corrected chi connectivity index (χ2v) is 7.75. The fraction of sp³-hybridized carbons (Fsp3) is 0.200. The normalized spacial score (nSPS) is 12.6. The van der Waals surface area contributed by atoms with Gasteiger partial charge in [0.1, 0.15) is 17.3 Å². The first-order chi connectivity index (χ1) is 15.6. The van der Waals surface area contributed by atoms with Crippen molar-refractivity contribution in [1.82, 2.24) is 19.2 Å². The third-order valence-electron chi connectivity index (χ3n) is 5.68. The Labute approximate surface area is 186 Å². The molecular formula is C25H24N4O3. The molecule has 1 aliphatic heterocycles. The summed E-state index contributed by atoms with van der Waals surface area (Å²) in [7, 11) is 1.60. The number of aromatic nitrogens is 3. The van der Waals surface area contributed by atoms with Crippen molar-refractivity contribution in [3.8, 4) is 23.0 Å². The van der Waals surface area contributed by atoms with E-state index in [1.54, 1.807) is 18.1 Å². The Morgan fingerprint density at radius 3 is 2.56 bits per heavy atom. The summed E-state index contributed by atoms with van der Waals surface area (Å²) < 4.78 is 15.0. The number of fused-ring (bicyclic) bond motifs is 1. The van der Waals surface area contributed by atoms with E-state index in [1.807, 2.05) is 59.5 Å². The zero-order chi connectivity index (χ0) is 22.1. The Bertz CT molecular complexity index is 1260. The maximum atomic E-state index is 12.9. The third-order valence-corrected chi connectivity index (χ3v) is 5.68. The van der Waals surface area contributed by atoms with Crippen LogP contribution >= 0.6 is 0 Å². The second-order valence-electron chi connectivity index (χ2n) is 7.75. The molecule has 0 spiro atoms. The average Bonchev–Trinajstić information content (AvgIpc) is 3.54. The fourth-order valence-corrected chi connectivity index (χ4v) is 4.02. The van der Waals surface area contributed by atoms with Crippen molar-refractivity contribution in [3.63, 3.8) is 0 Å². The van der Waals surface area contributed by atoms with E-state index in [1.165, 1.54) is 0 Å². The van der Waals surface area contributed by atoms with Gasteiger partial charge in [-0.3, -0.25) is 4.79 Å². The van der Waals surface area contributed by atoms with Gasteiger partial charge in [0.15, 0.2) is 6.61 Å². The minimum atomic E-state index is -0.0771. The van der Waals surface area contributed by atoms with E-state index >= 15 is 0 Å². The van der Waals surface area contributed by atoms with Crippen LogP contribution in [-0.4, -0.2) is 38.9 Å². The fourth-order valence-electron chi connectivity index (χ4n) is 4.02. The molecule has 0 aliphatic carbocycles. The van der Waals surface area contributed by atoms with Crippen LogP contribution in [0.3, 0.4) is 0 Å². The molecule has 5 rings (SSSR count). The smallest absolute Gasteiger partial charge is 0.261 e. The molecule has 0 radical (unpaired) electrons. The molecule has 0 saturated heterocycles. The van der Waals surface area contributed by atoms with Gasteiger partial charge in [0, 0.05) is 24.0 Å². The van der Waals surface area contributed by atoms with Gasteiger partial charge in [-0.25, -0.2) is 4.68 Å². The first-order valence-electron chi connectivity index (χ1n) is 10.5. The lowest BCUT2D eigenvalue weighted by molar-refractivity contribution is -0.134. The summed E-state index contributed by atoms with van der Waals surface area (Å²) in [4.78, 5) is 14.7. The van der Waals surface area contributed by atoms with Gasteiger partial charge in [-0.05, 0) is 42.8 Å². The summed E-state index contributed by atoms with van der Waals surface area (Å²) in [5.41, 5.74) is 4.14. The summed E-state index contributed by atoms with van der Waals surface area (Å²) in [5, 5.41) is 4.90. The van der Waals surface area contributed by atoms with Gasteiger partial charge in [0.25, 0.3) is 5.91 Å². The van der Waals surface area contributed by atoms with Crippen molar-refractivity contribution >= 4 is 5.91 Å². The molecule has 2 aromatic heterocycles. The number of carbonyl (C=O) groups is 1. The third kappa shape index (κ3) is 3.62. The van der Waals surface area contributed by atoms with Gasteiger partial charge in [-0.15, -0.1) is 0 Å². The SMILES string of the molecule is COc1cccc(OCC(=O)N2Cc3nn(-c4ccccc4C)c(-n4cccc4)c3C2)c1. The number of nitrogens with zero attached hydrogens (tertiary/aromatic N) is 4. The van der Waals surface area contributed by atoms with E-state index in [9.17, 15) is 4.79 Å². The molecular weight excluding hydrogens is 404 g/mol. The Morgan fingerprint density at radius 2 is 1.78 bits per heavy atom. The molecule has 2 aromatic carbocycles. The van der Waals surface area contributed by atoms with Gasteiger partial charge in [-0.1, -0.05) is 24.3 Å². The molecule has 32 heavy (non-hydrogen) atoms. The zero-order valence-electron chi connectivity index (χ0n) is 18.1. The van der Waals surface area contributed by atoms with Crippen LogP contribution in [0, 0.1) is 6.92 Å². The highest BCUT2D eigenvalue weighted by Gasteiger charge is 2.31. The van der Waals surface area contributed by atoms with E-state index in [2.05, 4.69) is 23.6 Å². The van der Waals surface area contributed by atoms with Crippen molar-refractivity contribution in [3.05, 3.63) is 89.9 Å². The number of para-hydroxylation sites is 1. The Kier molecular flexibility index (Phi) is 5.15. The summed E-state index contributed by atoms with van der Waals surface area (Å²) in [6.07, 6.45) is 4.00. The van der Waals surface area contributed by atoms with Gasteiger partial charge in [-0.2, -0.15) is 5.10 Å². The molecule has 3 heterocycles. The summed E-state index contributed by atoms with van der Waals surface area (Å²) in [6.45, 7) is 3.00. The van der Waals surface area contributed by atoms with Crippen molar-refractivity contribution < 1.29 is 14.3 Å². The number of methoxy groups -OCH3 is 1. The molecule has 0 fully saturated rings. The van der Waals surface area contributed by atoms with E-state index < -0.39 is 0 Å². The minimum absolute atomic E-state index is 0.0336. The summed E-state index contributed by atoms with van der Waals surface area (Å²) >= 11 is 0. The summed E-state index contributed by atoms with van der Waals surface area (Å²) in [6, 6.07) is 19.4. The van der Waals surface area contributed by atoms with Crippen LogP contribution in [0.4, 0.5) is 0 Å². The monoisotopic (exact) mass is 428 g/mol. The van der Waals surface area contributed by atoms with Crippen LogP contribution in [0.5, 0.6) is 11.5 Å². The lowest BCUT2D eigenvalue weighted by atomic mass is 10.2. The number of rotatable bonds is 6. The number of benzene rings is 2. The summed E-state index contributed by atoms with van der Waals surface area (Å²) in [5.74, 6) is 2.18. The lowest BCUT2D eigenvalue weighted by Crippen LogP contribution is -2.31. The van der Waals surface area contributed by atoms with E-state index in [-0.39, 0.29) is 12.5 Å². The van der Waals surface area contributed by atoms with Crippen molar-refractivity contribution in [1.29, 1.82) is 0 Å². The van der Waals surface area contributed by atoms with Crippen LogP contribution < -0.4 is 9.47 Å². The van der Waals surface area contributed by atoms with Gasteiger partial charge in [0.05, 0.1) is 31.6 Å². The lowest BCUT2D eigenvalue weighted by Gasteiger charge is -2.18. The van der Waals surface area contributed by atoms with Crippen LogP contribution in [0.2, 0.25) is 0 Å². The van der Waals surface area contributed by atoms with E-state index in [0.717, 1.165) is 28.3 Å². The molecule has 0 saturated carbocycles. The van der Waals surface area contributed by atoms with Crippen LogP contribution in [-0.2, 0) is 17.9 Å². The number of aryl methyl sites for hydroxylation is 1. The number of amides is 1. The van der Waals surface area contributed by atoms with Gasteiger partial charge < -0.3 is 18.9 Å². The van der Waals surface area contributed by atoms with Crippen LogP contribution in [0.1, 0.15) is 16.8 Å². The number of ether oxygens (including phenoxy) is 2. The highest BCUT2D eigenvalue weighted by Crippen LogP contribution is 2.31. The maximum absolute atomic E-state index is 12.9. The molecule has 7 heteroatoms.